The molecule has 3 N–H and O–H groups in total. The van der Waals surface area contributed by atoms with Crippen LogP contribution in [0.3, 0.4) is 0 Å². The number of rotatable bonds is 6. The van der Waals surface area contributed by atoms with E-state index < -0.39 is 23.3 Å². The number of hydrogen-bond donors (Lipinski definition) is 2. The number of benzene rings is 1. The second-order valence-electron chi connectivity index (χ2n) is 6.21. The van der Waals surface area contributed by atoms with E-state index >= 15 is 0 Å². The first-order valence-electron chi connectivity index (χ1n) is 7.53. The van der Waals surface area contributed by atoms with Crippen molar-refractivity contribution in [1.82, 2.24) is 0 Å². The zero-order chi connectivity index (χ0) is 17.4. The van der Waals surface area contributed by atoms with Gasteiger partial charge in [-0.15, -0.1) is 0 Å². The number of ketones is 2. The molecule has 0 aliphatic heterocycles. The van der Waals surface area contributed by atoms with Crippen LogP contribution < -0.4 is 5.73 Å². The van der Waals surface area contributed by atoms with Crippen molar-refractivity contribution in [1.29, 1.82) is 0 Å². The Hall–Kier alpha value is -2.27. The van der Waals surface area contributed by atoms with Crippen LogP contribution >= 0.6 is 0 Å². The van der Waals surface area contributed by atoms with Crippen molar-refractivity contribution in [3.05, 3.63) is 41.5 Å². The number of hydrogen-bond acceptors (Lipinski definition) is 4. The molecule has 0 aromatic heterocycles. The molecule has 0 radical (unpaired) electrons. The molecular formula is C18H21NO4. The molecule has 2 rings (SSSR count). The van der Waals surface area contributed by atoms with Gasteiger partial charge in [0, 0.05) is 12.0 Å². The molecule has 0 fully saturated rings. The minimum Gasteiger partial charge on any atom is -0.385 e. The summed E-state index contributed by atoms with van der Waals surface area (Å²) in [4.78, 5) is 36.0. The second kappa shape index (κ2) is 6.08. The summed E-state index contributed by atoms with van der Waals surface area (Å²) < 4.78 is 0. The maximum Gasteiger partial charge on any atom is 0.221 e. The monoisotopic (exact) mass is 315 g/mol. The quantitative estimate of drug-likeness (QED) is 0.836. The van der Waals surface area contributed by atoms with Gasteiger partial charge in [-0.05, 0) is 31.4 Å². The zero-order valence-electron chi connectivity index (χ0n) is 13.3. The van der Waals surface area contributed by atoms with Gasteiger partial charge in [0.1, 0.15) is 5.78 Å². The van der Waals surface area contributed by atoms with Gasteiger partial charge in [-0.1, -0.05) is 30.9 Å². The fourth-order valence-corrected chi connectivity index (χ4v) is 3.42. The third-order valence-electron chi connectivity index (χ3n) is 4.57. The van der Waals surface area contributed by atoms with Crippen LogP contribution in [0.1, 0.15) is 48.2 Å². The van der Waals surface area contributed by atoms with Crippen LogP contribution in [0.4, 0.5) is 0 Å². The molecule has 5 heteroatoms. The molecule has 1 aromatic carbocycles. The smallest absolute Gasteiger partial charge is 0.221 e. The molecule has 3 unspecified atom stereocenters. The molecule has 0 saturated carbocycles. The van der Waals surface area contributed by atoms with Crippen LogP contribution in [0.25, 0.3) is 6.08 Å². The molecule has 1 aliphatic carbocycles. The molecule has 1 aliphatic rings. The molecule has 1 amide bonds. The zero-order valence-corrected chi connectivity index (χ0v) is 13.3. The van der Waals surface area contributed by atoms with Crippen LogP contribution in [0.15, 0.2) is 24.8 Å². The molecule has 23 heavy (non-hydrogen) atoms. The highest BCUT2D eigenvalue weighted by Gasteiger charge is 2.53. The average Bonchev–Trinajstić information content (AvgIpc) is 2.67. The van der Waals surface area contributed by atoms with Crippen molar-refractivity contribution >= 4 is 23.5 Å². The third-order valence-corrected chi connectivity index (χ3v) is 4.57. The van der Waals surface area contributed by atoms with Crippen LogP contribution in [0, 0.1) is 11.8 Å². The Kier molecular flexibility index (Phi) is 4.52. The normalized spacial score (nSPS) is 24.1. The van der Waals surface area contributed by atoms with Crippen LogP contribution in [0.5, 0.6) is 0 Å². The molecule has 0 bridgehead atoms. The fourth-order valence-electron chi connectivity index (χ4n) is 3.42. The van der Waals surface area contributed by atoms with Gasteiger partial charge in [-0.2, -0.15) is 0 Å². The minimum absolute atomic E-state index is 0.0920. The van der Waals surface area contributed by atoms with Crippen molar-refractivity contribution in [2.45, 2.75) is 32.3 Å². The van der Waals surface area contributed by atoms with Gasteiger partial charge in [-0.3, -0.25) is 9.59 Å². The predicted molar refractivity (Wildman–Crippen MR) is 86.5 cm³/mol. The van der Waals surface area contributed by atoms with Crippen molar-refractivity contribution in [2.24, 2.45) is 17.6 Å². The van der Waals surface area contributed by atoms with Gasteiger partial charge in [-0.25, -0.2) is 0 Å². The Balaban J connectivity index is 2.51. The van der Waals surface area contributed by atoms with Crippen molar-refractivity contribution in [3.8, 4) is 0 Å². The van der Waals surface area contributed by atoms with Crippen LogP contribution in [-0.2, 0) is 15.2 Å². The SMILES string of the molecule is C=Cc1cccc2c1C(=O)C(C(CCC(C)=O)C(N)=O)C2(C)O. The first kappa shape index (κ1) is 17.1. The summed E-state index contributed by atoms with van der Waals surface area (Å²) in [7, 11) is 0. The highest BCUT2D eigenvalue weighted by atomic mass is 16.3. The molecule has 0 saturated heterocycles. The maximum absolute atomic E-state index is 12.9. The first-order chi connectivity index (χ1) is 10.7. The highest BCUT2D eigenvalue weighted by Crippen LogP contribution is 2.47. The van der Waals surface area contributed by atoms with Gasteiger partial charge in [0.2, 0.25) is 5.91 Å². The molecular weight excluding hydrogens is 294 g/mol. The Bertz CT molecular complexity index is 690. The number of amides is 1. The molecule has 1 aromatic rings. The van der Waals surface area contributed by atoms with Gasteiger partial charge in [0.25, 0.3) is 0 Å². The van der Waals surface area contributed by atoms with E-state index in [1.54, 1.807) is 24.3 Å². The third kappa shape index (κ3) is 2.84. The van der Waals surface area contributed by atoms with Crippen molar-refractivity contribution in [3.63, 3.8) is 0 Å². The predicted octanol–water partition coefficient (Wildman–Crippen LogP) is 1.82. The summed E-state index contributed by atoms with van der Waals surface area (Å²) in [5, 5.41) is 10.9. The number of Topliss-reactive ketones (excluding diaryl/α,β-unsaturated/α-hetero) is 2. The molecule has 0 heterocycles. The molecule has 122 valence electrons. The topological polar surface area (TPSA) is 97.5 Å². The van der Waals surface area contributed by atoms with E-state index in [9.17, 15) is 19.5 Å². The Morgan fingerprint density at radius 2 is 2.13 bits per heavy atom. The molecule has 3 atom stereocenters. The molecule has 0 spiro atoms. The number of nitrogens with two attached hydrogens (primary N) is 1. The lowest BCUT2D eigenvalue weighted by Crippen LogP contribution is -2.42. The first-order valence-corrected chi connectivity index (χ1v) is 7.53. The Morgan fingerprint density at radius 3 is 2.65 bits per heavy atom. The van der Waals surface area contributed by atoms with Gasteiger partial charge < -0.3 is 15.6 Å². The summed E-state index contributed by atoms with van der Waals surface area (Å²) in [6.07, 6.45) is 1.83. The minimum atomic E-state index is -1.51. The van der Waals surface area contributed by atoms with Gasteiger partial charge in [0.05, 0.1) is 17.4 Å². The van der Waals surface area contributed by atoms with E-state index in [0.717, 1.165) is 0 Å². The van der Waals surface area contributed by atoms with Crippen LogP contribution in [0.2, 0.25) is 0 Å². The van der Waals surface area contributed by atoms with E-state index in [1.165, 1.54) is 13.8 Å². The van der Waals surface area contributed by atoms with Crippen molar-refractivity contribution in [2.75, 3.05) is 0 Å². The number of fused-ring (bicyclic) bond motifs is 1. The van der Waals surface area contributed by atoms with E-state index in [4.69, 9.17) is 5.73 Å². The largest absolute Gasteiger partial charge is 0.385 e. The van der Waals surface area contributed by atoms with E-state index in [0.29, 0.717) is 16.7 Å². The van der Waals surface area contributed by atoms with Crippen molar-refractivity contribution < 1.29 is 19.5 Å². The summed E-state index contributed by atoms with van der Waals surface area (Å²) in [6, 6.07) is 5.13. The van der Waals surface area contributed by atoms with E-state index in [2.05, 4.69) is 6.58 Å². The summed E-state index contributed by atoms with van der Waals surface area (Å²) >= 11 is 0. The number of carbonyl (C=O) groups excluding carboxylic acids is 3. The Labute approximate surface area is 135 Å². The summed E-state index contributed by atoms with van der Waals surface area (Å²) in [6.45, 7) is 6.61. The summed E-state index contributed by atoms with van der Waals surface area (Å²) in [5.41, 5.74) is 5.41. The van der Waals surface area contributed by atoms with Gasteiger partial charge >= 0.3 is 0 Å². The number of aliphatic hydroxyl groups is 1. The summed E-state index contributed by atoms with van der Waals surface area (Å²) in [5.74, 6) is -2.99. The average molecular weight is 315 g/mol. The number of carbonyl (C=O) groups is 3. The maximum atomic E-state index is 12.9. The second-order valence-corrected chi connectivity index (χ2v) is 6.21. The Morgan fingerprint density at radius 1 is 1.48 bits per heavy atom. The van der Waals surface area contributed by atoms with Gasteiger partial charge in [0.15, 0.2) is 5.78 Å². The van der Waals surface area contributed by atoms with E-state index in [1.807, 2.05) is 0 Å². The van der Waals surface area contributed by atoms with Crippen LogP contribution in [-0.4, -0.2) is 22.6 Å². The lowest BCUT2D eigenvalue weighted by Gasteiger charge is -2.30. The highest BCUT2D eigenvalue weighted by molar-refractivity contribution is 6.08. The lowest BCUT2D eigenvalue weighted by atomic mass is 9.76. The standard InChI is InChI=1S/C18H21NO4/c1-4-11-6-5-7-13-14(11)16(21)15(18(13,3)23)12(17(19)22)9-8-10(2)20/h4-7,12,15,23H,1,8-9H2,2-3H3,(H2,19,22). The molecule has 5 nitrogen and oxygen atoms in total. The number of primary amides is 1. The lowest BCUT2D eigenvalue weighted by molar-refractivity contribution is -0.127. The fraction of sp³-hybridized carbons (Fsp3) is 0.389. The van der Waals surface area contributed by atoms with E-state index in [-0.39, 0.29) is 24.4 Å².